The van der Waals surface area contributed by atoms with Gasteiger partial charge < -0.3 is 0 Å². The van der Waals surface area contributed by atoms with Gasteiger partial charge in [-0.05, 0) is 0 Å². The molecule has 0 amide bonds. The molecule has 0 bridgehead atoms. The van der Waals surface area contributed by atoms with Crippen molar-refractivity contribution in [1.82, 2.24) is 0 Å². The fourth-order valence-corrected chi connectivity index (χ4v) is 5.05. The number of ether oxygens (including phenoxy) is 1. The summed E-state index contributed by atoms with van der Waals surface area (Å²) < 4.78 is 7.73. The summed E-state index contributed by atoms with van der Waals surface area (Å²) >= 11 is 0.684. The molecule has 1 aliphatic carbocycles. The molecule has 1 aliphatic heterocycles. The first kappa shape index (κ1) is 10.7. The summed E-state index contributed by atoms with van der Waals surface area (Å²) in [6.07, 6.45) is 9.40. The van der Waals surface area contributed by atoms with E-state index in [4.69, 9.17) is 4.74 Å². The van der Waals surface area contributed by atoms with Crippen molar-refractivity contribution in [3.05, 3.63) is 10.0 Å². The Kier molecular flexibility index (Phi) is 4.09. The van der Waals surface area contributed by atoms with Crippen LogP contribution in [0, 0.1) is 0 Å². The van der Waals surface area contributed by atoms with Crippen LogP contribution >= 0.6 is 0 Å². The van der Waals surface area contributed by atoms with Gasteiger partial charge >= 0.3 is 93.2 Å². The van der Waals surface area contributed by atoms with Crippen LogP contribution in [0.4, 0.5) is 0 Å². The van der Waals surface area contributed by atoms with Crippen molar-refractivity contribution in [3.63, 3.8) is 0 Å². The van der Waals surface area contributed by atoms with Crippen LogP contribution < -0.4 is 0 Å². The molecular formula is C12H20OSe. The normalized spacial score (nSPS) is 26.8. The van der Waals surface area contributed by atoms with Gasteiger partial charge in [0.2, 0.25) is 0 Å². The molecule has 0 N–H and O–H groups in total. The summed E-state index contributed by atoms with van der Waals surface area (Å²) in [7, 11) is 0. The van der Waals surface area contributed by atoms with Gasteiger partial charge in [-0.15, -0.1) is 0 Å². The third-order valence-corrected chi connectivity index (χ3v) is 5.83. The van der Waals surface area contributed by atoms with Crippen LogP contribution in [-0.2, 0) is 4.74 Å². The third-order valence-electron chi connectivity index (χ3n) is 3.02. The molecule has 0 radical (unpaired) electrons. The van der Waals surface area contributed by atoms with E-state index in [1.165, 1.54) is 44.9 Å². The molecule has 0 aromatic rings. The molecular weight excluding hydrogens is 239 g/mol. The molecule has 0 aromatic carbocycles. The number of rotatable bonds is 4. The van der Waals surface area contributed by atoms with Crippen LogP contribution in [0.1, 0.15) is 51.9 Å². The van der Waals surface area contributed by atoms with Gasteiger partial charge in [0, 0.05) is 0 Å². The quantitative estimate of drug-likeness (QED) is 0.557. The predicted molar refractivity (Wildman–Crippen MR) is 60.5 cm³/mol. The maximum atomic E-state index is 5.92. The fraction of sp³-hybridized carbons (Fsp3) is 0.833. The summed E-state index contributed by atoms with van der Waals surface area (Å²) in [5.41, 5.74) is 1.78. The Morgan fingerprint density at radius 3 is 3.00 bits per heavy atom. The van der Waals surface area contributed by atoms with Gasteiger partial charge in [-0.25, -0.2) is 0 Å². The topological polar surface area (TPSA) is 9.23 Å². The maximum absolute atomic E-state index is 5.92. The summed E-state index contributed by atoms with van der Waals surface area (Å²) in [6.45, 7) is 3.22. The molecule has 1 nitrogen and oxygen atoms in total. The van der Waals surface area contributed by atoms with Crippen LogP contribution in [-0.4, -0.2) is 26.6 Å². The van der Waals surface area contributed by atoms with Gasteiger partial charge in [-0.2, -0.15) is 0 Å². The van der Waals surface area contributed by atoms with Gasteiger partial charge in [0.1, 0.15) is 0 Å². The first-order chi connectivity index (χ1) is 6.90. The van der Waals surface area contributed by atoms with Crippen molar-refractivity contribution in [1.29, 1.82) is 0 Å². The molecule has 1 heterocycles. The third kappa shape index (κ3) is 2.62. The van der Waals surface area contributed by atoms with E-state index in [9.17, 15) is 0 Å². The van der Waals surface area contributed by atoms with E-state index >= 15 is 0 Å². The predicted octanol–water partition coefficient (Wildman–Crippen LogP) is 3.07. The van der Waals surface area contributed by atoms with Crippen LogP contribution in [0.25, 0.3) is 0 Å². The van der Waals surface area contributed by atoms with Crippen LogP contribution in [0.3, 0.4) is 0 Å². The van der Waals surface area contributed by atoms with E-state index in [1.54, 1.807) is 5.57 Å². The monoisotopic (exact) mass is 260 g/mol. The fourth-order valence-electron chi connectivity index (χ4n) is 2.15. The summed E-state index contributed by atoms with van der Waals surface area (Å²) in [6, 6.07) is 0. The van der Waals surface area contributed by atoms with E-state index in [-0.39, 0.29) is 0 Å². The van der Waals surface area contributed by atoms with E-state index in [0.29, 0.717) is 20.0 Å². The Morgan fingerprint density at radius 1 is 1.36 bits per heavy atom. The number of hydrogen-bond donors (Lipinski definition) is 0. The van der Waals surface area contributed by atoms with Crippen molar-refractivity contribution < 1.29 is 4.74 Å². The Labute approximate surface area is 93.4 Å². The Hall–Kier alpha value is 0.219. The van der Waals surface area contributed by atoms with Gasteiger partial charge in [-0.1, -0.05) is 0 Å². The van der Waals surface area contributed by atoms with Crippen molar-refractivity contribution in [2.75, 3.05) is 6.61 Å². The minimum absolute atomic E-state index is 0.608. The zero-order chi connectivity index (χ0) is 9.80. The van der Waals surface area contributed by atoms with E-state index in [2.05, 4.69) is 6.92 Å². The second kappa shape index (κ2) is 5.34. The Bertz CT molecular complexity index is 204. The van der Waals surface area contributed by atoms with Gasteiger partial charge in [0.15, 0.2) is 0 Å². The SMILES string of the molecule is CCCCOC1CC2=C(CCCC2)[Se]1. The average molecular weight is 259 g/mol. The number of allylic oxidation sites excluding steroid dienone is 1. The minimum atomic E-state index is 0.608. The van der Waals surface area contributed by atoms with E-state index in [1.807, 2.05) is 4.47 Å². The van der Waals surface area contributed by atoms with Crippen molar-refractivity contribution >= 4 is 15.0 Å². The molecule has 0 saturated heterocycles. The number of hydrogen-bond acceptors (Lipinski definition) is 1. The molecule has 1 atom stereocenters. The summed E-state index contributed by atoms with van der Waals surface area (Å²) in [4.78, 5) is 0. The van der Waals surface area contributed by atoms with Gasteiger partial charge in [-0.3, -0.25) is 0 Å². The van der Waals surface area contributed by atoms with Crippen LogP contribution in [0.15, 0.2) is 10.0 Å². The first-order valence-electron chi connectivity index (χ1n) is 5.89. The summed E-state index contributed by atoms with van der Waals surface area (Å²) in [5.74, 6) is 0. The Morgan fingerprint density at radius 2 is 2.21 bits per heavy atom. The molecule has 14 heavy (non-hydrogen) atoms. The van der Waals surface area contributed by atoms with Crippen molar-refractivity contribution in [2.24, 2.45) is 0 Å². The molecule has 0 spiro atoms. The molecule has 0 aromatic heterocycles. The average Bonchev–Trinajstić information content (AvgIpc) is 2.60. The van der Waals surface area contributed by atoms with Crippen molar-refractivity contribution in [2.45, 2.75) is 56.9 Å². The zero-order valence-corrected chi connectivity index (χ0v) is 10.8. The molecule has 80 valence electrons. The standard InChI is InChI=1S/C12H20OSe/c1-2-3-8-13-12-9-10-6-4-5-7-11(10)14-12/h12H,2-9H2,1H3. The molecule has 2 aliphatic rings. The van der Waals surface area contributed by atoms with Crippen LogP contribution in [0.5, 0.6) is 0 Å². The molecule has 2 rings (SSSR count). The molecule has 2 heteroatoms. The van der Waals surface area contributed by atoms with Crippen molar-refractivity contribution in [3.8, 4) is 0 Å². The Balaban J connectivity index is 1.74. The zero-order valence-electron chi connectivity index (χ0n) is 9.05. The van der Waals surface area contributed by atoms with Gasteiger partial charge in [0.25, 0.3) is 0 Å². The second-order valence-corrected chi connectivity index (χ2v) is 6.84. The van der Waals surface area contributed by atoms with E-state index in [0.717, 1.165) is 6.61 Å². The van der Waals surface area contributed by atoms with Gasteiger partial charge in [0.05, 0.1) is 0 Å². The second-order valence-electron chi connectivity index (χ2n) is 4.21. The molecule has 1 unspecified atom stereocenters. The molecule has 0 saturated carbocycles. The number of unbranched alkanes of at least 4 members (excludes halogenated alkanes) is 1. The summed E-state index contributed by atoms with van der Waals surface area (Å²) in [5, 5.41) is 0.608. The van der Waals surface area contributed by atoms with E-state index < -0.39 is 0 Å². The molecule has 0 fully saturated rings. The first-order valence-corrected chi connectivity index (χ1v) is 7.74. The van der Waals surface area contributed by atoms with Crippen LogP contribution in [0.2, 0.25) is 0 Å².